The number of para-hydroxylation sites is 1. The first-order valence-corrected chi connectivity index (χ1v) is 13.9. The predicted octanol–water partition coefficient (Wildman–Crippen LogP) is 5.73. The lowest BCUT2D eigenvalue weighted by Crippen LogP contribution is -2.32. The van der Waals surface area contributed by atoms with E-state index in [0.717, 1.165) is 37.0 Å². The van der Waals surface area contributed by atoms with E-state index in [0.29, 0.717) is 40.9 Å². The van der Waals surface area contributed by atoms with Crippen molar-refractivity contribution in [1.29, 1.82) is 0 Å². The molecule has 0 aliphatic carbocycles. The minimum atomic E-state index is -3.63. The number of carbonyl (C=O) groups is 1. The number of nitrogens with one attached hydrogen (secondary N) is 1. The summed E-state index contributed by atoms with van der Waals surface area (Å²) in [5, 5.41) is 3.62. The Balaban J connectivity index is 1.46. The number of carbonyl (C=O) groups excluding carboxylic acids is 1. The number of hydrogen-bond donors (Lipinski definition) is 1. The van der Waals surface area contributed by atoms with Crippen LogP contribution in [0.25, 0.3) is 22.2 Å². The maximum Gasteiger partial charge on any atom is 0.256 e. The average molecular weight is 516 g/mol. The minimum absolute atomic E-state index is 0.186. The summed E-state index contributed by atoms with van der Waals surface area (Å²) in [4.78, 5) is 18.4. The Morgan fingerprint density at radius 2 is 1.62 bits per heavy atom. The first-order valence-electron chi connectivity index (χ1n) is 12.4. The molecule has 2 heterocycles. The smallest absolute Gasteiger partial charge is 0.256 e. The fraction of sp³-hybridized carbons (Fsp3) is 0.241. The molecule has 0 bridgehead atoms. The van der Waals surface area contributed by atoms with Crippen LogP contribution in [-0.2, 0) is 10.0 Å². The molecule has 0 radical (unpaired) electrons. The SMILES string of the molecule is COc1ccc(-c2cc(C(=O)Nc3cccc(S(=O)(=O)N4CCCCCC4)c3)c3ccccc3n2)cc1. The van der Waals surface area contributed by atoms with Gasteiger partial charge in [-0.2, -0.15) is 4.31 Å². The molecule has 8 heteroatoms. The molecule has 1 amide bonds. The van der Waals surface area contributed by atoms with Gasteiger partial charge in [0.2, 0.25) is 10.0 Å². The molecule has 5 rings (SSSR count). The van der Waals surface area contributed by atoms with Gasteiger partial charge in [-0.1, -0.05) is 37.1 Å². The molecule has 3 aromatic carbocycles. The molecule has 37 heavy (non-hydrogen) atoms. The van der Waals surface area contributed by atoms with Gasteiger partial charge < -0.3 is 10.1 Å². The van der Waals surface area contributed by atoms with Crippen LogP contribution in [0, 0.1) is 0 Å². The van der Waals surface area contributed by atoms with Crippen molar-refractivity contribution in [2.45, 2.75) is 30.6 Å². The Morgan fingerprint density at radius 3 is 2.35 bits per heavy atom. The molecule has 0 unspecified atom stereocenters. The van der Waals surface area contributed by atoms with Crippen LogP contribution in [0.3, 0.4) is 0 Å². The van der Waals surface area contributed by atoms with Crippen molar-refractivity contribution in [1.82, 2.24) is 9.29 Å². The molecule has 1 N–H and O–H groups in total. The second-order valence-corrected chi connectivity index (χ2v) is 11.0. The van der Waals surface area contributed by atoms with Crippen molar-refractivity contribution < 1.29 is 17.9 Å². The zero-order valence-electron chi connectivity index (χ0n) is 20.7. The van der Waals surface area contributed by atoms with Crippen molar-refractivity contribution in [3.8, 4) is 17.0 Å². The van der Waals surface area contributed by atoms with Gasteiger partial charge in [-0.15, -0.1) is 0 Å². The van der Waals surface area contributed by atoms with Crippen LogP contribution in [0.5, 0.6) is 5.75 Å². The Labute approximate surface area is 217 Å². The number of fused-ring (bicyclic) bond motifs is 1. The molecule has 1 saturated heterocycles. The molecular weight excluding hydrogens is 486 g/mol. The van der Waals surface area contributed by atoms with Gasteiger partial charge in [0.1, 0.15) is 5.75 Å². The van der Waals surface area contributed by atoms with E-state index in [2.05, 4.69) is 5.32 Å². The van der Waals surface area contributed by atoms with Gasteiger partial charge in [-0.25, -0.2) is 13.4 Å². The van der Waals surface area contributed by atoms with Crippen LogP contribution in [0.15, 0.2) is 83.8 Å². The van der Waals surface area contributed by atoms with E-state index in [1.807, 2.05) is 48.5 Å². The van der Waals surface area contributed by atoms with Gasteiger partial charge in [-0.05, 0) is 67.4 Å². The van der Waals surface area contributed by atoms with E-state index in [1.54, 1.807) is 35.7 Å². The van der Waals surface area contributed by atoms with E-state index in [4.69, 9.17) is 9.72 Å². The Morgan fingerprint density at radius 1 is 0.892 bits per heavy atom. The largest absolute Gasteiger partial charge is 0.497 e. The molecule has 190 valence electrons. The number of amides is 1. The number of ether oxygens (including phenoxy) is 1. The number of benzene rings is 3. The summed E-state index contributed by atoms with van der Waals surface area (Å²) in [6, 6.07) is 23.2. The fourth-order valence-corrected chi connectivity index (χ4v) is 6.20. The maximum absolute atomic E-state index is 13.5. The summed E-state index contributed by atoms with van der Waals surface area (Å²) >= 11 is 0. The van der Waals surface area contributed by atoms with Crippen LogP contribution >= 0.6 is 0 Å². The quantitative estimate of drug-likeness (QED) is 0.354. The van der Waals surface area contributed by atoms with E-state index in [9.17, 15) is 13.2 Å². The fourth-order valence-electron chi connectivity index (χ4n) is 4.64. The van der Waals surface area contributed by atoms with E-state index in [-0.39, 0.29) is 10.8 Å². The average Bonchev–Trinajstić information content (AvgIpc) is 3.23. The monoisotopic (exact) mass is 515 g/mol. The van der Waals surface area contributed by atoms with Gasteiger partial charge in [0.15, 0.2) is 0 Å². The zero-order chi connectivity index (χ0) is 25.8. The number of nitrogens with zero attached hydrogens (tertiary/aromatic N) is 2. The van der Waals surface area contributed by atoms with Crippen molar-refractivity contribution in [3.05, 3.63) is 84.4 Å². The standard InChI is InChI=1S/C29H29N3O4S/c1-36-23-15-13-21(14-16-23)28-20-26(25-11-4-5-12-27(25)31-28)29(33)30-22-9-8-10-24(19-22)37(34,35)32-17-6-2-3-7-18-32/h4-5,8-16,19-20H,2-3,6-7,17-18H2,1H3,(H,30,33). The number of aromatic nitrogens is 1. The second-order valence-electron chi connectivity index (χ2n) is 9.10. The number of sulfonamides is 1. The Kier molecular flexibility index (Phi) is 7.21. The molecular formula is C29H29N3O4S. The number of pyridine rings is 1. The van der Waals surface area contributed by atoms with Crippen molar-refractivity contribution >= 4 is 32.5 Å². The number of methoxy groups -OCH3 is 1. The zero-order valence-corrected chi connectivity index (χ0v) is 21.5. The number of hydrogen-bond acceptors (Lipinski definition) is 5. The molecule has 1 aromatic heterocycles. The lowest BCUT2D eigenvalue weighted by atomic mass is 10.0. The molecule has 0 saturated carbocycles. The minimum Gasteiger partial charge on any atom is -0.497 e. The highest BCUT2D eigenvalue weighted by Gasteiger charge is 2.25. The molecule has 1 aliphatic heterocycles. The third-order valence-corrected chi connectivity index (χ3v) is 8.54. The van der Waals surface area contributed by atoms with Gasteiger partial charge >= 0.3 is 0 Å². The molecule has 7 nitrogen and oxygen atoms in total. The van der Waals surface area contributed by atoms with E-state index >= 15 is 0 Å². The number of rotatable bonds is 6. The second kappa shape index (κ2) is 10.7. The summed E-state index contributed by atoms with van der Waals surface area (Å²) in [6.45, 7) is 1.05. The normalized spacial score (nSPS) is 14.7. The van der Waals surface area contributed by atoms with Crippen molar-refractivity contribution in [2.75, 3.05) is 25.5 Å². The first kappa shape index (κ1) is 24.9. The van der Waals surface area contributed by atoms with Crippen LogP contribution in [0.2, 0.25) is 0 Å². The van der Waals surface area contributed by atoms with Gasteiger partial charge in [0.25, 0.3) is 5.91 Å². The van der Waals surface area contributed by atoms with Crippen LogP contribution in [0.4, 0.5) is 5.69 Å². The van der Waals surface area contributed by atoms with Gasteiger partial charge in [0, 0.05) is 29.7 Å². The summed E-state index contributed by atoms with van der Waals surface area (Å²) in [5.41, 5.74) is 3.08. The Hall–Kier alpha value is -3.75. The summed E-state index contributed by atoms with van der Waals surface area (Å²) in [5.74, 6) is 0.398. The molecule has 0 spiro atoms. The Bertz CT molecular complexity index is 1530. The summed E-state index contributed by atoms with van der Waals surface area (Å²) in [6.07, 6.45) is 3.81. The molecule has 1 fully saturated rings. The van der Waals surface area contributed by atoms with Gasteiger partial charge in [0.05, 0.1) is 28.8 Å². The topological polar surface area (TPSA) is 88.6 Å². The van der Waals surface area contributed by atoms with E-state index < -0.39 is 10.0 Å². The summed E-state index contributed by atoms with van der Waals surface area (Å²) < 4.78 is 33.3. The highest BCUT2D eigenvalue weighted by Crippen LogP contribution is 2.28. The lowest BCUT2D eigenvalue weighted by molar-refractivity contribution is 0.102. The maximum atomic E-state index is 13.5. The van der Waals surface area contributed by atoms with Crippen molar-refractivity contribution in [2.24, 2.45) is 0 Å². The molecule has 4 aromatic rings. The third-order valence-electron chi connectivity index (χ3n) is 6.64. The predicted molar refractivity (Wildman–Crippen MR) is 145 cm³/mol. The molecule has 0 atom stereocenters. The van der Waals surface area contributed by atoms with Crippen LogP contribution in [-0.4, -0.2) is 43.8 Å². The number of anilines is 1. The summed E-state index contributed by atoms with van der Waals surface area (Å²) in [7, 11) is -2.02. The highest BCUT2D eigenvalue weighted by atomic mass is 32.2. The van der Waals surface area contributed by atoms with E-state index in [1.165, 1.54) is 6.07 Å². The van der Waals surface area contributed by atoms with Crippen molar-refractivity contribution in [3.63, 3.8) is 0 Å². The molecule has 1 aliphatic rings. The first-order chi connectivity index (χ1) is 18.0. The highest BCUT2D eigenvalue weighted by molar-refractivity contribution is 7.89. The van der Waals surface area contributed by atoms with Crippen LogP contribution in [0.1, 0.15) is 36.0 Å². The third kappa shape index (κ3) is 5.35. The lowest BCUT2D eigenvalue weighted by Gasteiger charge is -2.20. The van der Waals surface area contributed by atoms with Gasteiger partial charge in [-0.3, -0.25) is 4.79 Å². The van der Waals surface area contributed by atoms with Crippen LogP contribution < -0.4 is 10.1 Å².